The van der Waals surface area contributed by atoms with E-state index in [0.717, 1.165) is 32.5 Å². The summed E-state index contributed by atoms with van der Waals surface area (Å²) in [4.78, 5) is 2.30. The molecule has 11 heavy (non-hydrogen) atoms. The van der Waals surface area contributed by atoms with Crippen molar-refractivity contribution in [1.82, 2.24) is 4.90 Å². The van der Waals surface area contributed by atoms with Gasteiger partial charge in [-0.25, -0.2) is 0 Å². The first-order valence-corrected chi connectivity index (χ1v) is 4.31. The molecule has 0 aromatic heterocycles. The average Bonchev–Trinajstić information content (AvgIpc) is 2.48. The molecule has 1 fully saturated rings. The summed E-state index contributed by atoms with van der Waals surface area (Å²) in [5.41, 5.74) is 0. The van der Waals surface area contributed by atoms with E-state index in [2.05, 4.69) is 4.90 Å². The number of hydrogen-bond acceptors (Lipinski definition) is 3. The van der Waals surface area contributed by atoms with Crippen LogP contribution in [0.15, 0.2) is 0 Å². The molecule has 0 spiro atoms. The smallest absolute Gasteiger partial charge is 0.0471 e. The van der Waals surface area contributed by atoms with E-state index in [1.54, 1.807) is 0 Å². The maximum Gasteiger partial charge on any atom is 0.0471 e. The summed E-state index contributed by atoms with van der Waals surface area (Å²) in [6.45, 7) is 3.67. The van der Waals surface area contributed by atoms with E-state index in [4.69, 9.17) is 10.2 Å². The molecule has 0 aliphatic carbocycles. The molecule has 3 heteroatoms. The lowest BCUT2D eigenvalue weighted by Gasteiger charge is -2.13. The second-order valence-electron chi connectivity index (χ2n) is 3.22. The van der Waals surface area contributed by atoms with Crippen molar-refractivity contribution in [2.24, 2.45) is 5.92 Å². The van der Waals surface area contributed by atoms with Crippen LogP contribution in [0.25, 0.3) is 0 Å². The van der Waals surface area contributed by atoms with Gasteiger partial charge in [0.15, 0.2) is 0 Å². The number of rotatable bonds is 4. The molecule has 1 saturated heterocycles. The number of hydrogen-bond donors (Lipinski definition) is 2. The minimum absolute atomic E-state index is 0.278. The van der Waals surface area contributed by atoms with E-state index < -0.39 is 0 Å². The number of aliphatic hydroxyl groups is 2. The zero-order valence-electron chi connectivity index (χ0n) is 6.87. The lowest BCUT2D eigenvalue weighted by molar-refractivity contribution is 0.212. The highest BCUT2D eigenvalue weighted by Gasteiger charge is 2.20. The van der Waals surface area contributed by atoms with Crippen LogP contribution >= 0.6 is 0 Å². The molecule has 3 nitrogen and oxygen atoms in total. The molecule has 0 unspecified atom stereocenters. The zero-order chi connectivity index (χ0) is 8.10. The SMILES string of the molecule is OCCCN1CC[C@H](CO)C1. The lowest BCUT2D eigenvalue weighted by atomic mass is 10.1. The van der Waals surface area contributed by atoms with Gasteiger partial charge in [-0.05, 0) is 25.3 Å². The Balaban J connectivity index is 2.09. The van der Waals surface area contributed by atoms with Crippen LogP contribution in [0, 0.1) is 5.92 Å². The van der Waals surface area contributed by atoms with Crippen molar-refractivity contribution in [3.05, 3.63) is 0 Å². The molecule has 0 amide bonds. The molecule has 0 aromatic carbocycles. The van der Waals surface area contributed by atoms with E-state index in [1.807, 2.05) is 0 Å². The van der Waals surface area contributed by atoms with Crippen LogP contribution in [0.1, 0.15) is 12.8 Å². The Morgan fingerprint density at radius 3 is 2.73 bits per heavy atom. The van der Waals surface area contributed by atoms with E-state index >= 15 is 0 Å². The van der Waals surface area contributed by atoms with Crippen molar-refractivity contribution in [2.45, 2.75) is 12.8 Å². The van der Waals surface area contributed by atoms with Crippen molar-refractivity contribution in [2.75, 3.05) is 32.8 Å². The van der Waals surface area contributed by atoms with Gasteiger partial charge in [-0.1, -0.05) is 0 Å². The van der Waals surface area contributed by atoms with Crippen molar-refractivity contribution >= 4 is 0 Å². The second-order valence-corrected chi connectivity index (χ2v) is 3.22. The normalized spacial score (nSPS) is 26.2. The summed E-state index contributed by atoms with van der Waals surface area (Å²) in [6, 6.07) is 0. The minimum atomic E-state index is 0.278. The monoisotopic (exact) mass is 159 g/mol. The third-order valence-electron chi connectivity index (χ3n) is 2.26. The van der Waals surface area contributed by atoms with Gasteiger partial charge in [0, 0.05) is 26.3 Å². The largest absolute Gasteiger partial charge is 0.396 e. The van der Waals surface area contributed by atoms with Crippen LogP contribution in [0.3, 0.4) is 0 Å². The molecule has 0 radical (unpaired) electrons. The van der Waals surface area contributed by atoms with Gasteiger partial charge in [-0.2, -0.15) is 0 Å². The van der Waals surface area contributed by atoms with E-state index in [1.165, 1.54) is 0 Å². The number of likely N-dealkylation sites (tertiary alicyclic amines) is 1. The topological polar surface area (TPSA) is 43.7 Å². The molecular weight excluding hydrogens is 142 g/mol. The molecule has 0 aromatic rings. The molecule has 1 aliphatic rings. The Morgan fingerprint density at radius 1 is 1.36 bits per heavy atom. The quantitative estimate of drug-likeness (QED) is 0.591. The van der Waals surface area contributed by atoms with Crippen LogP contribution in [0.2, 0.25) is 0 Å². The maximum atomic E-state index is 8.83. The predicted octanol–water partition coefficient (Wildman–Crippen LogP) is -0.317. The van der Waals surface area contributed by atoms with Gasteiger partial charge in [0.25, 0.3) is 0 Å². The van der Waals surface area contributed by atoms with E-state index in [9.17, 15) is 0 Å². The minimum Gasteiger partial charge on any atom is -0.396 e. The third kappa shape index (κ3) is 2.77. The lowest BCUT2D eigenvalue weighted by Crippen LogP contribution is -2.23. The molecule has 1 atom stereocenters. The summed E-state index contributed by atoms with van der Waals surface area (Å²) in [5.74, 6) is 0.480. The molecule has 66 valence electrons. The Kier molecular flexibility index (Phi) is 3.83. The fourth-order valence-electron chi connectivity index (χ4n) is 1.56. The summed E-state index contributed by atoms with van der Waals surface area (Å²) in [5, 5.41) is 17.4. The predicted molar refractivity (Wildman–Crippen MR) is 43.3 cm³/mol. The van der Waals surface area contributed by atoms with Crippen LogP contribution in [-0.2, 0) is 0 Å². The van der Waals surface area contributed by atoms with Gasteiger partial charge in [-0.3, -0.25) is 0 Å². The van der Waals surface area contributed by atoms with E-state index in [-0.39, 0.29) is 6.61 Å². The van der Waals surface area contributed by atoms with Gasteiger partial charge in [-0.15, -0.1) is 0 Å². The molecule has 1 aliphatic heterocycles. The first-order chi connectivity index (χ1) is 5.36. The van der Waals surface area contributed by atoms with Gasteiger partial charge >= 0.3 is 0 Å². The fourth-order valence-corrected chi connectivity index (χ4v) is 1.56. The first-order valence-electron chi connectivity index (χ1n) is 4.31. The van der Waals surface area contributed by atoms with Gasteiger partial charge in [0.2, 0.25) is 0 Å². The maximum absolute atomic E-state index is 8.83. The van der Waals surface area contributed by atoms with Crippen LogP contribution in [0.5, 0.6) is 0 Å². The summed E-state index contributed by atoms with van der Waals surface area (Å²) in [6.07, 6.45) is 1.97. The fraction of sp³-hybridized carbons (Fsp3) is 1.00. The van der Waals surface area contributed by atoms with E-state index in [0.29, 0.717) is 12.5 Å². The first kappa shape index (κ1) is 8.97. The highest BCUT2D eigenvalue weighted by molar-refractivity contribution is 4.74. The number of aliphatic hydroxyl groups excluding tert-OH is 2. The van der Waals surface area contributed by atoms with Crippen LogP contribution in [-0.4, -0.2) is 48.0 Å². The second kappa shape index (κ2) is 4.70. The third-order valence-corrected chi connectivity index (χ3v) is 2.26. The summed E-state index contributed by atoms with van der Waals surface area (Å²) < 4.78 is 0. The molecule has 1 rings (SSSR count). The Bertz CT molecular complexity index is 108. The van der Waals surface area contributed by atoms with Crippen LogP contribution < -0.4 is 0 Å². The highest BCUT2D eigenvalue weighted by Crippen LogP contribution is 2.14. The van der Waals surface area contributed by atoms with Crippen molar-refractivity contribution < 1.29 is 10.2 Å². The van der Waals surface area contributed by atoms with Crippen molar-refractivity contribution in [3.63, 3.8) is 0 Å². The zero-order valence-corrected chi connectivity index (χ0v) is 6.87. The molecule has 0 saturated carbocycles. The Morgan fingerprint density at radius 2 is 2.18 bits per heavy atom. The summed E-state index contributed by atoms with van der Waals surface area (Å²) >= 11 is 0. The molecule has 2 N–H and O–H groups in total. The Hall–Kier alpha value is -0.120. The average molecular weight is 159 g/mol. The van der Waals surface area contributed by atoms with Gasteiger partial charge in [0.1, 0.15) is 0 Å². The molecule has 0 bridgehead atoms. The van der Waals surface area contributed by atoms with Crippen LogP contribution in [0.4, 0.5) is 0 Å². The molecule has 1 heterocycles. The van der Waals surface area contributed by atoms with Gasteiger partial charge < -0.3 is 15.1 Å². The highest BCUT2D eigenvalue weighted by atomic mass is 16.3. The summed E-state index contributed by atoms with van der Waals surface area (Å²) in [7, 11) is 0. The van der Waals surface area contributed by atoms with Gasteiger partial charge in [0.05, 0.1) is 0 Å². The molecular formula is C8H17NO2. The van der Waals surface area contributed by atoms with Crippen molar-refractivity contribution in [1.29, 1.82) is 0 Å². The van der Waals surface area contributed by atoms with Crippen molar-refractivity contribution in [3.8, 4) is 0 Å². The standard InChI is InChI=1S/C8H17NO2/c10-5-1-3-9-4-2-8(6-9)7-11/h8,10-11H,1-7H2/t8-/m0/s1. The number of nitrogens with zero attached hydrogens (tertiary/aromatic N) is 1. The Labute approximate surface area is 67.6 Å².